The van der Waals surface area contributed by atoms with Gasteiger partial charge in [0.05, 0.1) is 0 Å². The van der Waals surface area contributed by atoms with Gasteiger partial charge in [-0.3, -0.25) is 4.98 Å². The Morgan fingerprint density at radius 3 is 2.71 bits per heavy atom. The number of hydrogen-bond acceptors (Lipinski definition) is 4. The SMILES string of the molecule is Cc1ccc(-c2nc(N)sc2Cl)cn1. The molecule has 0 fully saturated rings. The molecule has 0 aromatic carbocycles. The fraction of sp³-hybridized carbons (Fsp3) is 0.111. The van der Waals surface area contributed by atoms with E-state index in [1.165, 1.54) is 11.3 Å². The number of thiazole rings is 1. The lowest BCUT2D eigenvalue weighted by Crippen LogP contribution is -1.85. The molecule has 0 unspecified atom stereocenters. The second kappa shape index (κ2) is 3.55. The molecule has 14 heavy (non-hydrogen) atoms. The van der Waals surface area contributed by atoms with Crippen LogP contribution >= 0.6 is 22.9 Å². The third kappa shape index (κ3) is 1.71. The first-order chi connectivity index (χ1) is 6.66. The molecule has 3 nitrogen and oxygen atoms in total. The predicted molar refractivity (Wildman–Crippen MR) is 59.5 cm³/mol. The summed E-state index contributed by atoms with van der Waals surface area (Å²) in [5.74, 6) is 0. The van der Waals surface area contributed by atoms with Crippen LogP contribution in [0.2, 0.25) is 4.34 Å². The summed E-state index contributed by atoms with van der Waals surface area (Å²) >= 11 is 7.24. The monoisotopic (exact) mass is 225 g/mol. The van der Waals surface area contributed by atoms with Crippen LogP contribution in [0.5, 0.6) is 0 Å². The van der Waals surface area contributed by atoms with Crippen molar-refractivity contribution in [1.29, 1.82) is 0 Å². The van der Waals surface area contributed by atoms with Crippen molar-refractivity contribution in [2.75, 3.05) is 5.73 Å². The zero-order valence-corrected chi connectivity index (χ0v) is 9.06. The normalized spacial score (nSPS) is 10.4. The standard InChI is InChI=1S/C9H8ClN3S/c1-5-2-3-6(4-12-5)7-8(10)14-9(11)13-7/h2-4H,1H3,(H2,11,13). The Balaban J connectivity index is 2.49. The van der Waals surface area contributed by atoms with Crippen molar-refractivity contribution in [2.45, 2.75) is 6.92 Å². The Hall–Kier alpha value is -1.13. The van der Waals surface area contributed by atoms with Crippen LogP contribution in [-0.4, -0.2) is 9.97 Å². The molecular weight excluding hydrogens is 218 g/mol. The van der Waals surface area contributed by atoms with E-state index in [1.54, 1.807) is 6.20 Å². The van der Waals surface area contributed by atoms with Crippen molar-refractivity contribution < 1.29 is 0 Å². The smallest absolute Gasteiger partial charge is 0.182 e. The van der Waals surface area contributed by atoms with Gasteiger partial charge in [-0.25, -0.2) is 4.98 Å². The van der Waals surface area contributed by atoms with Crippen LogP contribution in [-0.2, 0) is 0 Å². The van der Waals surface area contributed by atoms with Crippen molar-refractivity contribution in [3.63, 3.8) is 0 Å². The number of hydrogen-bond donors (Lipinski definition) is 1. The van der Waals surface area contributed by atoms with E-state index in [0.717, 1.165) is 11.3 Å². The third-order valence-corrected chi connectivity index (χ3v) is 2.87. The topological polar surface area (TPSA) is 51.8 Å². The first-order valence-corrected chi connectivity index (χ1v) is 5.21. The minimum absolute atomic E-state index is 0.477. The first kappa shape index (κ1) is 9.43. The number of halogens is 1. The van der Waals surface area contributed by atoms with Gasteiger partial charge < -0.3 is 5.73 Å². The molecule has 5 heteroatoms. The number of aryl methyl sites for hydroxylation is 1. The maximum Gasteiger partial charge on any atom is 0.182 e. The van der Waals surface area contributed by atoms with E-state index in [0.29, 0.717) is 15.2 Å². The minimum atomic E-state index is 0.477. The highest BCUT2D eigenvalue weighted by atomic mass is 35.5. The van der Waals surface area contributed by atoms with E-state index in [2.05, 4.69) is 9.97 Å². The molecule has 0 spiro atoms. The lowest BCUT2D eigenvalue weighted by Gasteiger charge is -1.96. The van der Waals surface area contributed by atoms with Gasteiger partial charge in [-0.05, 0) is 19.1 Å². The first-order valence-electron chi connectivity index (χ1n) is 4.01. The number of nitrogen functional groups attached to an aromatic ring is 1. The van der Waals surface area contributed by atoms with Crippen molar-refractivity contribution >= 4 is 28.1 Å². The van der Waals surface area contributed by atoms with Gasteiger partial charge in [-0.15, -0.1) is 0 Å². The molecule has 2 rings (SSSR count). The minimum Gasteiger partial charge on any atom is -0.375 e. The van der Waals surface area contributed by atoms with Gasteiger partial charge in [-0.1, -0.05) is 22.9 Å². The van der Waals surface area contributed by atoms with Crippen LogP contribution in [0.1, 0.15) is 5.69 Å². The molecule has 2 aromatic heterocycles. The Morgan fingerprint density at radius 1 is 1.43 bits per heavy atom. The number of aromatic nitrogens is 2. The van der Waals surface area contributed by atoms with Crippen LogP contribution in [0, 0.1) is 6.92 Å². The van der Waals surface area contributed by atoms with E-state index in [4.69, 9.17) is 17.3 Å². The summed E-state index contributed by atoms with van der Waals surface area (Å²) in [6.07, 6.45) is 1.75. The molecule has 0 saturated heterocycles. The second-order valence-electron chi connectivity index (χ2n) is 2.86. The third-order valence-electron chi connectivity index (χ3n) is 1.79. The highest BCUT2D eigenvalue weighted by Gasteiger charge is 2.09. The van der Waals surface area contributed by atoms with Crippen LogP contribution < -0.4 is 5.73 Å². The van der Waals surface area contributed by atoms with Crippen molar-refractivity contribution in [3.8, 4) is 11.3 Å². The molecule has 0 amide bonds. The molecule has 0 saturated carbocycles. The van der Waals surface area contributed by atoms with Gasteiger partial charge >= 0.3 is 0 Å². The highest BCUT2D eigenvalue weighted by Crippen LogP contribution is 2.33. The molecule has 0 bridgehead atoms. The molecule has 2 aromatic rings. The average molecular weight is 226 g/mol. The Morgan fingerprint density at radius 2 is 2.21 bits per heavy atom. The van der Waals surface area contributed by atoms with Crippen LogP contribution in [0.25, 0.3) is 11.3 Å². The van der Waals surface area contributed by atoms with Gasteiger partial charge in [0.25, 0.3) is 0 Å². The van der Waals surface area contributed by atoms with E-state index < -0.39 is 0 Å². The zero-order valence-electron chi connectivity index (χ0n) is 7.49. The number of nitrogens with zero attached hydrogens (tertiary/aromatic N) is 2. The Kier molecular flexibility index (Phi) is 2.39. The zero-order chi connectivity index (χ0) is 10.1. The maximum atomic E-state index is 5.97. The van der Waals surface area contributed by atoms with E-state index in [9.17, 15) is 0 Å². The number of rotatable bonds is 1. The molecule has 0 aliphatic carbocycles. The summed E-state index contributed by atoms with van der Waals surface area (Å²) < 4.78 is 0.605. The fourth-order valence-corrected chi connectivity index (χ4v) is 2.07. The Labute approximate surface area is 90.6 Å². The highest BCUT2D eigenvalue weighted by molar-refractivity contribution is 7.19. The van der Waals surface area contributed by atoms with Gasteiger partial charge in [0, 0.05) is 17.5 Å². The molecule has 2 heterocycles. The summed E-state index contributed by atoms with van der Waals surface area (Å²) in [5, 5.41) is 0.477. The number of anilines is 1. The van der Waals surface area contributed by atoms with E-state index in [-0.39, 0.29) is 0 Å². The van der Waals surface area contributed by atoms with Gasteiger partial charge in [0.2, 0.25) is 0 Å². The molecule has 0 radical (unpaired) electrons. The molecular formula is C9H8ClN3S. The lowest BCUT2D eigenvalue weighted by atomic mass is 10.2. The summed E-state index contributed by atoms with van der Waals surface area (Å²) in [7, 11) is 0. The van der Waals surface area contributed by atoms with Crippen LogP contribution in [0.15, 0.2) is 18.3 Å². The summed E-state index contributed by atoms with van der Waals surface area (Å²) in [4.78, 5) is 8.31. The van der Waals surface area contributed by atoms with Gasteiger partial charge in [0.1, 0.15) is 10.0 Å². The number of nitrogens with two attached hydrogens (primary N) is 1. The van der Waals surface area contributed by atoms with Crippen LogP contribution in [0.3, 0.4) is 0 Å². The van der Waals surface area contributed by atoms with Crippen molar-refractivity contribution in [1.82, 2.24) is 9.97 Å². The van der Waals surface area contributed by atoms with E-state index >= 15 is 0 Å². The molecule has 72 valence electrons. The van der Waals surface area contributed by atoms with Gasteiger partial charge in [0.15, 0.2) is 5.13 Å². The summed E-state index contributed by atoms with van der Waals surface area (Å²) in [5.41, 5.74) is 8.12. The number of pyridine rings is 1. The predicted octanol–water partition coefficient (Wildman–Crippen LogP) is 2.75. The molecule has 0 aliphatic heterocycles. The summed E-state index contributed by atoms with van der Waals surface area (Å²) in [6, 6.07) is 3.85. The molecule has 2 N–H and O–H groups in total. The molecule has 0 atom stereocenters. The maximum absolute atomic E-state index is 5.97. The average Bonchev–Trinajstić information content (AvgIpc) is 2.47. The lowest BCUT2D eigenvalue weighted by molar-refractivity contribution is 1.20. The Bertz CT molecular complexity index is 450. The quantitative estimate of drug-likeness (QED) is 0.812. The van der Waals surface area contributed by atoms with Gasteiger partial charge in [-0.2, -0.15) is 0 Å². The van der Waals surface area contributed by atoms with Crippen molar-refractivity contribution in [2.24, 2.45) is 0 Å². The second-order valence-corrected chi connectivity index (χ2v) is 4.50. The largest absolute Gasteiger partial charge is 0.375 e. The summed E-state index contributed by atoms with van der Waals surface area (Å²) in [6.45, 7) is 1.93. The van der Waals surface area contributed by atoms with Crippen LogP contribution in [0.4, 0.5) is 5.13 Å². The van der Waals surface area contributed by atoms with E-state index in [1.807, 2.05) is 19.1 Å². The van der Waals surface area contributed by atoms with Crippen molar-refractivity contribution in [3.05, 3.63) is 28.4 Å². The molecule has 0 aliphatic rings. The fourth-order valence-electron chi connectivity index (χ4n) is 1.10.